The fourth-order valence-corrected chi connectivity index (χ4v) is 6.01. The number of piperidine rings is 1. The molecule has 0 bridgehead atoms. The van der Waals surface area contributed by atoms with Crippen LogP contribution < -0.4 is 5.32 Å². The van der Waals surface area contributed by atoms with Crippen molar-refractivity contribution in [1.29, 1.82) is 0 Å². The number of H-pyrrole nitrogens is 1. The Bertz CT molecular complexity index is 1370. The van der Waals surface area contributed by atoms with Crippen molar-refractivity contribution in [1.82, 2.24) is 19.8 Å². The third-order valence-electron chi connectivity index (χ3n) is 8.32. The van der Waals surface area contributed by atoms with Gasteiger partial charge in [0.05, 0.1) is 22.2 Å². The number of amides is 3. The zero-order valence-electron chi connectivity index (χ0n) is 23.4. The molecule has 0 radical (unpaired) electrons. The van der Waals surface area contributed by atoms with Crippen molar-refractivity contribution in [3.05, 3.63) is 59.4 Å². The van der Waals surface area contributed by atoms with Gasteiger partial charge in [0.1, 0.15) is 5.82 Å². The molecule has 3 amide bonds. The Balaban J connectivity index is 1.24. The molecule has 3 aromatic rings. The number of aromatic nitrogens is 2. The lowest BCUT2D eigenvalue weighted by Gasteiger charge is -2.36. The molecule has 1 aliphatic heterocycles. The van der Waals surface area contributed by atoms with E-state index in [4.69, 9.17) is 0 Å². The summed E-state index contributed by atoms with van der Waals surface area (Å²) in [6.45, 7) is 1.03. The maximum absolute atomic E-state index is 13.3. The molecule has 1 aromatic heterocycles. The summed E-state index contributed by atoms with van der Waals surface area (Å²) in [7, 11) is 0. The van der Waals surface area contributed by atoms with Crippen molar-refractivity contribution < 1.29 is 35.9 Å². The summed E-state index contributed by atoms with van der Waals surface area (Å²) < 4.78 is 80.0. The number of carbonyl (C=O) groups is 2. The predicted octanol–water partition coefficient (Wildman–Crippen LogP) is 7.56. The second-order valence-electron chi connectivity index (χ2n) is 11.3. The molecule has 232 valence electrons. The van der Waals surface area contributed by atoms with Gasteiger partial charge in [-0.15, -0.1) is 0 Å². The number of hydrogen-bond donors (Lipinski definition) is 2. The molecular formula is C30H33F6N5O2. The summed E-state index contributed by atoms with van der Waals surface area (Å²) >= 11 is 0. The number of likely N-dealkylation sites (tertiary alicyclic amines) is 1. The van der Waals surface area contributed by atoms with Crippen LogP contribution in [0.3, 0.4) is 0 Å². The fraction of sp³-hybridized carbons (Fsp3) is 0.500. The van der Waals surface area contributed by atoms with E-state index >= 15 is 0 Å². The Morgan fingerprint density at radius 1 is 0.907 bits per heavy atom. The molecule has 2 N–H and O–H groups in total. The van der Waals surface area contributed by atoms with Crippen LogP contribution in [0.1, 0.15) is 74.2 Å². The average molecular weight is 610 g/mol. The molecule has 0 unspecified atom stereocenters. The third-order valence-corrected chi connectivity index (χ3v) is 8.32. The Morgan fingerprint density at radius 3 is 2.14 bits per heavy atom. The van der Waals surface area contributed by atoms with Gasteiger partial charge in [0.15, 0.2) is 0 Å². The van der Waals surface area contributed by atoms with E-state index in [-0.39, 0.29) is 36.9 Å². The van der Waals surface area contributed by atoms with Crippen LogP contribution in [0, 0.1) is 0 Å². The Morgan fingerprint density at radius 2 is 1.53 bits per heavy atom. The molecule has 0 atom stereocenters. The van der Waals surface area contributed by atoms with E-state index in [1.54, 1.807) is 4.90 Å². The van der Waals surface area contributed by atoms with Crippen molar-refractivity contribution in [3.63, 3.8) is 0 Å². The largest absolute Gasteiger partial charge is 0.416 e. The molecule has 1 aliphatic carbocycles. The SMILES string of the molecule is O=C(CCN(C(=O)Nc1cc(C(F)(F)F)cc(C(F)(F)F)c1)C1CCCCC1)N1CCC(c2nc3ccccc3[nH]2)CC1. The fourth-order valence-electron chi connectivity index (χ4n) is 6.01. The van der Waals surface area contributed by atoms with E-state index in [1.165, 1.54) is 4.90 Å². The van der Waals surface area contributed by atoms with Gasteiger partial charge in [-0.25, -0.2) is 9.78 Å². The number of nitrogens with zero attached hydrogens (tertiary/aromatic N) is 3. The highest BCUT2D eigenvalue weighted by atomic mass is 19.4. The van der Waals surface area contributed by atoms with E-state index < -0.39 is 35.2 Å². The number of urea groups is 1. The molecule has 2 heterocycles. The molecule has 1 saturated carbocycles. The number of alkyl halides is 6. The Hall–Kier alpha value is -3.77. The van der Waals surface area contributed by atoms with Crippen LogP contribution in [0.5, 0.6) is 0 Å². The van der Waals surface area contributed by atoms with Gasteiger partial charge < -0.3 is 20.1 Å². The number of imidazole rings is 1. The zero-order chi connectivity index (χ0) is 30.8. The van der Waals surface area contributed by atoms with E-state index in [0.29, 0.717) is 38.1 Å². The van der Waals surface area contributed by atoms with Gasteiger partial charge in [0, 0.05) is 43.7 Å². The summed E-state index contributed by atoms with van der Waals surface area (Å²) in [5, 5.41) is 2.25. The first kappa shape index (κ1) is 30.7. The Kier molecular flexibility index (Phi) is 8.89. The number of fused-ring (bicyclic) bond motifs is 1. The van der Waals surface area contributed by atoms with Crippen LogP contribution in [-0.4, -0.2) is 57.4 Å². The number of rotatable bonds is 6. The number of benzene rings is 2. The minimum absolute atomic E-state index is 0.00389. The van der Waals surface area contributed by atoms with Crippen LogP contribution >= 0.6 is 0 Å². The quantitative estimate of drug-likeness (QED) is 0.283. The number of aromatic amines is 1. The highest BCUT2D eigenvalue weighted by molar-refractivity contribution is 5.90. The van der Waals surface area contributed by atoms with Crippen LogP contribution in [0.25, 0.3) is 11.0 Å². The van der Waals surface area contributed by atoms with Gasteiger partial charge in [-0.05, 0) is 56.0 Å². The number of hydrogen-bond acceptors (Lipinski definition) is 3. The van der Waals surface area contributed by atoms with Gasteiger partial charge in [-0.1, -0.05) is 31.4 Å². The smallest absolute Gasteiger partial charge is 0.343 e. The van der Waals surface area contributed by atoms with E-state index in [1.807, 2.05) is 24.3 Å². The molecule has 1 saturated heterocycles. The molecule has 0 spiro atoms. The molecule has 43 heavy (non-hydrogen) atoms. The third kappa shape index (κ3) is 7.42. The summed E-state index contributed by atoms with van der Waals surface area (Å²) in [5.74, 6) is 0.904. The molecular weight excluding hydrogens is 576 g/mol. The number of anilines is 1. The minimum Gasteiger partial charge on any atom is -0.343 e. The molecule has 2 aliphatic rings. The summed E-state index contributed by atoms with van der Waals surface area (Å²) in [6.07, 6.45) is -4.73. The molecule has 13 heteroatoms. The minimum atomic E-state index is -5.03. The van der Waals surface area contributed by atoms with Crippen molar-refractivity contribution in [2.45, 2.75) is 75.7 Å². The van der Waals surface area contributed by atoms with Crippen molar-refractivity contribution in [2.24, 2.45) is 0 Å². The highest BCUT2D eigenvalue weighted by Gasteiger charge is 2.37. The summed E-state index contributed by atoms with van der Waals surface area (Å²) in [5.41, 5.74) is -1.79. The first-order chi connectivity index (χ1) is 20.4. The lowest BCUT2D eigenvalue weighted by molar-refractivity contribution is -0.143. The first-order valence-corrected chi connectivity index (χ1v) is 14.5. The van der Waals surface area contributed by atoms with Gasteiger partial charge >= 0.3 is 18.4 Å². The van der Waals surface area contributed by atoms with Gasteiger partial charge in [-0.2, -0.15) is 26.3 Å². The van der Waals surface area contributed by atoms with Gasteiger partial charge in [0.2, 0.25) is 5.91 Å². The highest BCUT2D eigenvalue weighted by Crippen LogP contribution is 2.38. The molecule has 7 nitrogen and oxygen atoms in total. The van der Waals surface area contributed by atoms with E-state index in [9.17, 15) is 35.9 Å². The van der Waals surface area contributed by atoms with E-state index in [0.717, 1.165) is 49.0 Å². The lowest BCUT2D eigenvalue weighted by atomic mass is 9.94. The lowest BCUT2D eigenvalue weighted by Crippen LogP contribution is -2.46. The Labute approximate surface area is 244 Å². The van der Waals surface area contributed by atoms with E-state index in [2.05, 4.69) is 15.3 Å². The second kappa shape index (κ2) is 12.5. The molecule has 2 aromatic carbocycles. The summed E-state index contributed by atoms with van der Waals surface area (Å²) in [6, 6.07) is 7.65. The average Bonchev–Trinajstić information content (AvgIpc) is 3.41. The normalized spacial score (nSPS) is 17.3. The maximum atomic E-state index is 13.3. The number of nitrogens with one attached hydrogen (secondary N) is 2. The van der Waals surface area contributed by atoms with Crippen molar-refractivity contribution in [3.8, 4) is 0 Å². The van der Waals surface area contributed by atoms with Gasteiger partial charge in [0.25, 0.3) is 0 Å². The molecule has 5 rings (SSSR count). The van der Waals surface area contributed by atoms with Crippen LogP contribution in [0.2, 0.25) is 0 Å². The van der Waals surface area contributed by atoms with Gasteiger partial charge in [-0.3, -0.25) is 4.79 Å². The molecule has 2 fully saturated rings. The first-order valence-electron chi connectivity index (χ1n) is 14.5. The monoisotopic (exact) mass is 609 g/mol. The predicted molar refractivity (Wildman–Crippen MR) is 148 cm³/mol. The second-order valence-corrected chi connectivity index (χ2v) is 11.3. The number of carbonyl (C=O) groups excluding carboxylic acids is 2. The van der Waals surface area contributed by atoms with Crippen molar-refractivity contribution in [2.75, 3.05) is 25.0 Å². The number of halogens is 6. The number of para-hydroxylation sites is 2. The zero-order valence-corrected chi connectivity index (χ0v) is 23.4. The van der Waals surface area contributed by atoms with Crippen LogP contribution in [-0.2, 0) is 17.1 Å². The maximum Gasteiger partial charge on any atom is 0.416 e. The topological polar surface area (TPSA) is 81.3 Å². The van der Waals surface area contributed by atoms with Crippen molar-refractivity contribution >= 4 is 28.7 Å². The standard InChI is InChI=1S/C30H33F6N5O2/c31-29(32,33)20-16-21(30(34,35)36)18-22(17-20)37-28(43)41(23-6-2-1-3-7-23)15-12-26(42)40-13-10-19(11-14-40)27-38-24-8-4-5-9-25(24)39-27/h4-5,8-9,16-19,23H,1-3,6-7,10-15H2,(H,37,43)(H,38,39). The van der Waals surface area contributed by atoms with Crippen LogP contribution in [0.15, 0.2) is 42.5 Å². The van der Waals surface area contributed by atoms with Crippen LogP contribution in [0.4, 0.5) is 36.8 Å². The summed E-state index contributed by atoms with van der Waals surface area (Å²) in [4.78, 5) is 37.6.